The summed E-state index contributed by atoms with van der Waals surface area (Å²) < 4.78 is 18.0. The van der Waals surface area contributed by atoms with Crippen LogP contribution in [-0.4, -0.2) is 12.9 Å². The third kappa shape index (κ3) is 2.18. The van der Waals surface area contributed by atoms with E-state index in [9.17, 15) is 4.39 Å². The molecule has 1 aromatic carbocycles. The van der Waals surface area contributed by atoms with Crippen LogP contribution in [0.4, 0.5) is 4.39 Å². The van der Waals surface area contributed by atoms with E-state index < -0.39 is 12.0 Å². The van der Waals surface area contributed by atoms with Crippen LogP contribution in [-0.2, 0) is 0 Å². The van der Waals surface area contributed by atoms with Crippen LogP contribution in [0.15, 0.2) is 24.3 Å². The monoisotopic (exact) mass is 182 g/mol. The minimum atomic E-state index is -1.52. The molecule has 1 unspecified atom stereocenters. The van der Waals surface area contributed by atoms with Gasteiger partial charge in [0, 0.05) is 0 Å². The summed E-state index contributed by atoms with van der Waals surface area (Å²) in [4.78, 5) is 0. The summed E-state index contributed by atoms with van der Waals surface area (Å²) in [6.45, 7) is 0. The summed E-state index contributed by atoms with van der Waals surface area (Å²) in [5.74, 6) is 0.171. The molecule has 0 amide bonds. The number of hydrogen-bond donors (Lipinski definition) is 2. The van der Waals surface area contributed by atoms with Gasteiger partial charge in [0.1, 0.15) is 11.6 Å². The van der Waals surface area contributed by atoms with Gasteiger partial charge in [0.05, 0.1) is 7.11 Å². The lowest BCUT2D eigenvalue weighted by Gasteiger charge is -2.06. The average molecular weight is 182 g/mol. The van der Waals surface area contributed by atoms with Gasteiger partial charge in [0.25, 0.3) is 0 Å². The molecule has 4 heteroatoms. The number of benzene rings is 1. The lowest BCUT2D eigenvalue weighted by molar-refractivity contribution is 0.412. The van der Waals surface area contributed by atoms with Crippen LogP contribution in [0.1, 0.15) is 11.7 Å². The van der Waals surface area contributed by atoms with E-state index in [0.717, 1.165) is 0 Å². The van der Waals surface area contributed by atoms with Crippen LogP contribution in [0.2, 0.25) is 0 Å². The zero-order valence-corrected chi connectivity index (χ0v) is 7.25. The molecule has 1 rings (SSSR count). The molecule has 0 saturated carbocycles. The normalized spacial score (nSPS) is 12.2. The van der Waals surface area contributed by atoms with E-state index in [4.69, 9.17) is 15.9 Å². The molecular formula is C9H11FN2O. The number of hydrogen-bond acceptors (Lipinski definition) is 2. The van der Waals surface area contributed by atoms with Crippen LogP contribution in [0.5, 0.6) is 5.75 Å². The zero-order valence-electron chi connectivity index (χ0n) is 7.25. The second kappa shape index (κ2) is 3.89. The molecule has 0 bridgehead atoms. The fourth-order valence-electron chi connectivity index (χ4n) is 0.952. The molecule has 3 nitrogen and oxygen atoms in total. The van der Waals surface area contributed by atoms with Crippen molar-refractivity contribution in [3.05, 3.63) is 29.8 Å². The molecule has 0 radical (unpaired) electrons. The minimum absolute atomic E-state index is 0.369. The highest BCUT2D eigenvalue weighted by Gasteiger charge is 2.12. The Morgan fingerprint density at radius 3 is 2.38 bits per heavy atom. The standard InChI is InChI=1S/C9H11FN2O/c1-13-7-4-2-6(3-5-7)8(10)9(11)12/h2-5,8H,1H3,(H3,11,12). The van der Waals surface area contributed by atoms with Crippen molar-refractivity contribution in [1.29, 1.82) is 5.41 Å². The lowest BCUT2D eigenvalue weighted by atomic mass is 10.1. The zero-order chi connectivity index (χ0) is 9.84. The Morgan fingerprint density at radius 2 is 2.00 bits per heavy atom. The van der Waals surface area contributed by atoms with Gasteiger partial charge in [-0.15, -0.1) is 0 Å². The molecule has 1 atom stereocenters. The van der Waals surface area contributed by atoms with E-state index in [1.54, 1.807) is 24.3 Å². The Bertz CT molecular complexity index is 297. The number of alkyl halides is 1. The maximum absolute atomic E-state index is 13.1. The second-order valence-electron chi connectivity index (χ2n) is 2.59. The van der Waals surface area contributed by atoms with E-state index in [1.165, 1.54) is 7.11 Å². The Balaban J connectivity index is 2.85. The van der Waals surface area contributed by atoms with Crippen molar-refractivity contribution in [3.63, 3.8) is 0 Å². The van der Waals surface area contributed by atoms with Gasteiger partial charge in [0.2, 0.25) is 0 Å². The first kappa shape index (κ1) is 9.51. The Kier molecular flexibility index (Phi) is 2.84. The van der Waals surface area contributed by atoms with Crippen molar-refractivity contribution in [2.45, 2.75) is 6.17 Å². The van der Waals surface area contributed by atoms with Crippen molar-refractivity contribution >= 4 is 5.84 Å². The molecule has 1 aromatic rings. The van der Waals surface area contributed by atoms with Crippen LogP contribution < -0.4 is 10.5 Å². The summed E-state index contributed by atoms with van der Waals surface area (Å²) >= 11 is 0. The van der Waals surface area contributed by atoms with Gasteiger partial charge in [-0.25, -0.2) is 4.39 Å². The predicted molar refractivity (Wildman–Crippen MR) is 48.8 cm³/mol. The highest BCUT2D eigenvalue weighted by atomic mass is 19.1. The van der Waals surface area contributed by atoms with Gasteiger partial charge < -0.3 is 10.5 Å². The molecule has 0 aliphatic heterocycles. The minimum Gasteiger partial charge on any atom is -0.497 e. The summed E-state index contributed by atoms with van der Waals surface area (Å²) in [5, 5.41) is 6.91. The average Bonchev–Trinajstić information content (AvgIpc) is 2.17. The summed E-state index contributed by atoms with van der Waals surface area (Å²) in [6.07, 6.45) is -1.52. The van der Waals surface area contributed by atoms with E-state index in [0.29, 0.717) is 11.3 Å². The van der Waals surface area contributed by atoms with Crippen molar-refractivity contribution in [2.75, 3.05) is 7.11 Å². The molecule has 0 spiro atoms. The Labute approximate surface area is 75.8 Å². The Hall–Kier alpha value is -1.58. The van der Waals surface area contributed by atoms with Crippen molar-refractivity contribution in [2.24, 2.45) is 5.73 Å². The van der Waals surface area contributed by atoms with Gasteiger partial charge >= 0.3 is 0 Å². The second-order valence-corrected chi connectivity index (χ2v) is 2.59. The first-order valence-electron chi connectivity index (χ1n) is 3.77. The van der Waals surface area contributed by atoms with Gasteiger partial charge in [-0.05, 0) is 17.7 Å². The van der Waals surface area contributed by atoms with Crippen LogP contribution >= 0.6 is 0 Å². The summed E-state index contributed by atoms with van der Waals surface area (Å²) in [6, 6.07) is 6.35. The number of rotatable bonds is 3. The molecule has 13 heavy (non-hydrogen) atoms. The van der Waals surface area contributed by atoms with E-state index >= 15 is 0 Å². The van der Waals surface area contributed by atoms with Gasteiger partial charge in [0.15, 0.2) is 6.17 Å². The molecule has 0 aromatic heterocycles. The highest BCUT2D eigenvalue weighted by Crippen LogP contribution is 2.19. The third-order valence-electron chi connectivity index (χ3n) is 1.68. The molecular weight excluding hydrogens is 171 g/mol. The third-order valence-corrected chi connectivity index (χ3v) is 1.68. The van der Waals surface area contributed by atoms with Crippen molar-refractivity contribution in [3.8, 4) is 5.75 Å². The number of methoxy groups -OCH3 is 1. The van der Waals surface area contributed by atoms with E-state index in [-0.39, 0.29) is 0 Å². The summed E-state index contributed by atoms with van der Waals surface area (Å²) in [7, 11) is 1.53. The number of nitrogens with two attached hydrogens (primary N) is 1. The van der Waals surface area contributed by atoms with Crippen molar-refractivity contribution < 1.29 is 9.13 Å². The molecule has 0 aliphatic carbocycles. The molecule has 0 aliphatic rings. The largest absolute Gasteiger partial charge is 0.497 e. The number of ether oxygens (including phenoxy) is 1. The quantitative estimate of drug-likeness (QED) is 0.551. The van der Waals surface area contributed by atoms with E-state index in [1.807, 2.05) is 0 Å². The predicted octanol–water partition coefficient (Wildman–Crippen LogP) is 1.64. The van der Waals surface area contributed by atoms with E-state index in [2.05, 4.69) is 0 Å². The molecule has 0 saturated heterocycles. The van der Waals surface area contributed by atoms with Crippen LogP contribution in [0.25, 0.3) is 0 Å². The molecule has 3 N–H and O–H groups in total. The molecule has 0 heterocycles. The number of halogens is 1. The smallest absolute Gasteiger partial charge is 0.181 e. The number of nitrogens with one attached hydrogen (secondary N) is 1. The molecule has 70 valence electrons. The maximum Gasteiger partial charge on any atom is 0.181 e. The number of amidine groups is 1. The first-order valence-corrected chi connectivity index (χ1v) is 3.77. The van der Waals surface area contributed by atoms with Crippen LogP contribution in [0.3, 0.4) is 0 Å². The SMILES string of the molecule is COc1ccc(C(F)C(=N)N)cc1. The lowest BCUT2D eigenvalue weighted by Crippen LogP contribution is -2.16. The summed E-state index contributed by atoms with van der Waals surface area (Å²) in [5.41, 5.74) is 5.38. The van der Waals surface area contributed by atoms with Crippen molar-refractivity contribution in [1.82, 2.24) is 0 Å². The van der Waals surface area contributed by atoms with Gasteiger partial charge in [-0.2, -0.15) is 0 Å². The molecule has 0 fully saturated rings. The highest BCUT2D eigenvalue weighted by molar-refractivity contribution is 5.82. The maximum atomic E-state index is 13.1. The Morgan fingerprint density at radius 1 is 1.46 bits per heavy atom. The first-order chi connectivity index (χ1) is 6.15. The van der Waals surface area contributed by atoms with Crippen LogP contribution in [0, 0.1) is 5.41 Å². The van der Waals surface area contributed by atoms with Gasteiger partial charge in [-0.3, -0.25) is 5.41 Å². The fourth-order valence-corrected chi connectivity index (χ4v) is 0.952. The van der Waals surface area contributed by atoms with Gasteiger partial charge in [-0.1, -0.05) is 12.1 Å². The fraction of sp³-hybridized carbons (Fsp3) is 0.222. The topological polar surface area (TPSA) is 59.1 Å².